The third-order valence-electron chi connectivity index (χ3n) is 2.05. The van der Waals surface area contributed by atoms with Crippen LogP contribution in [0.1, 0.15) is 10.4 Å². The van der Waals surface area contributed by atoms with E-state index in [1.807, 2.05) is 12.3 Å². The quantitative estimate of drug-likeness (QED) is 0.891. The Kier molecular flexibility index (Phi) is 4.52. The molecule has 84 valence electrons. The third kappa shape index (κ3) is 3.38. The summed E-state index contributed by atoms with van der Waals surface area (Å²) in [7, 11) is 0. The van der Waals surface area contributed by atoms with Gasteiger partial charge in [-0.1, -0.05) is 6.07 Å². The van der Waals surface area contributed by atoms with Crippen molar-refractivity contribution in [1.82, 2.24) is 10.3 Å². The van der Waals surface area contributed by atoms with E-state index in [1.165, 1.54) is 10.4 Å². The Morgan fingerprint density at radius 1 is 1.31 bits per heavy atom. The highest BCUT2D eigenvalue weighted by atomic mass is 79.9. The molecule has 0 spiro atoms. The van der Waals surface area contributed by atoms with Gasteiger partial charge < -0.3 is 5.32 Å². The Bertz CT molecular complexity index is 437. The van der Waals surface area contributed by atoms with E-state index in [9.17, 15) is 0 Å². The second-order valence-electron chi connectivity index (χ2n) is 3.30. The normalized spacial score (nSPS) is 10.6. The zero-order chi connectivity index (χ0) is 11.4. The highest BCUT2D eigenvalue weighted by molar-refractivity contribution is 9.13. The second kappa shape index (κ2) is 5.91. The standard InChI is InChI=1S/C11H10Br2N2S/c12-10-4-9(16-11(10)13)7-15-6-8-2-1-3-14-5-8/h1-5,15H,6-7H2. The molecule has 0 aliphatic carbocycles. The van der Waals surface area contributed by atoms with Crippen molar-refractivity contribution in [3.8, 4) is 0 Å². The lowest BCUT2D eigenvalue weighted by atomic mass is 10.3. The van der Waals surface area contributed by atoms with Crippen LogP contribution in [0.15, 0.2) is 38.9 Å². The van der Waals surface area contributed by atoms with Crippen LogP contribution in [0, 0.1) is 0 Å². The first kappa shape index (κ1) is 12.2. The van der Waals surface area contributed by atoms with E-state index in [0.29, 0.717) is 0 Å². The minimum Gasteiger partial charge on any atom is -0.308 e. The van der Waals surface area contributed by atoms with Crippen LogP contribution in [-0.4, -0.2) is 4.98 Å². The number of halogens is 2. The SMILES string of the molecule is Brc1cc(CNCc2cccnc2)sc1Br. The first-order chi connectivity index (χ1) is 7.75. The number of hydrogen-bond donors (Lipinski definition) is 1. The van der Waals surface area contributed by atoms with Gasteiger partial charge in [0.1, 0.15) is 0 Å². The van der Waals surface area contributed by atoms with E-state index < -0.39 is 0 Å². The van der Waals surface area contributed by atoms with Crippen molar-refractivity contribution in [1.29, 1.82) is 0 Å². The van der Waals surface area contributed by atoms with Gasteiger partial charge in [-0.05, 0) is 49.6 Å². The predicted molar refractivity (Wildman–Crippen MR) is 74.5 cm³/mol. The molecule has 0 saturated carbocycles. The lowest BCUT2D eigenvalue weighted by molar-refractivity contribution is 0.699. The van der Waals surface area contributed by atoms with Gasteiger partial charge in [0.25, 0.3) is 0 Å². The van der Waals surface area contributed by atoms with Gasteiger partial charge in [0.2, 0.25) is 0 Å². The number of aromatic nitrogens is 1. The minimum absolute atomic E-state index is 0.848. The maximum atomic E-state index is 4.08. The molecule has 0 aliphatic rings. The Labute approximate surface area is 115 Å². The lowest BCUT2D eigenvalue weighted by Crippen LogP contribution is -2.11. The maximum absolute atomic E-state index is 4.08. The highest BCUT2D eigenvalue weighted by Gasteiger charge is 2.03. The molecule has 0 amide bonds. The van der Waals surface area contributed by atoms with Crippen molar-refractivity contribution < 1.29 is 0 Å². The molecule has 1 N–H and O–H groups in total. The summed E-state index contributed by atoms with van der Waals surface area (Å²) in [6.45, 7) is 1.73. The summed E-state index contributed by atoms with van der Waals surface area (Å²) in [5.74, 6) is 0. The smallest absolute Gasteiger partial charge is 0.0843 e. The topological polar surface area (TPSA) is 24.9 Å². The van der Waals surface area contributed by atoms with E-state index in [-0.39, 0.29) is 0 Å². The number of rotatable bonds is 4. The van der Waals surface area contributed by atoms with Gasteiger partial charge in [-0.2, -0.15) is 0 Å². The Morgan fingerprint density at radius 3 is 2.81 bits per heavy atom. The van der Waals surface area contributed by atoms with Crippen LogP contribution in [0.5, 0.6) is 0 Å². The number of pyridine rings is 1. The van der Waals surface area contributed by atoms with Crippen molar-refractivity contribution in [3.05, 3.63) is 49.3 Å². The Hall–Kier alpha value is -0.230. The van der Waals surface area contributed by atoms with Gasteiger partial charge >= 0.3 is 0 Å². The number of nitrogens with zero attached hydrogens (tertiary/aromatic N) is 1. The van der Waals surface area contributed by atoms with E-state index in [1.54, 1.807) is 17.5 Å². The molecule has 5 heteroatoms. The monoisotopic (exact) mass is 360 g/mol. The fraction of sp³-hybridized carbons (Fsp3) is 0.182. The molecule has 2 aromatic rings. The zero-order valence-corrected chi connectivity index (χ0v) is 12.4. The zero-order valence-electron chi connectivity index (χ0n) is 8.41. The summed E-state index contributed by atoms with van der Waals surface area (Å²) in [6, 6.07) is 6.15. The predicted octanol–water partition coefficient (Wildman–Crippen LogP) is 3.96. The van der Waals surface area contributed by atoms with Crippen LogP contribution in [0.25, 0.3) is 0 Å². The molecule has 2 rings (SSSR count). The number of thiophene rings is 1. The summed E-state index contributed by atoms with van der Waals surface area (Å²) >= 11 is 8.71. The lowest BCUT2D eigenvalue weighted by Gasteiger charge is -2.02. The average molecular weight is 362 g/mol. The van der Waals surface area contributed by atoms with Crippen LogP contribution in [0.4, 0.5) is 0 Å². The van der Waals surface area contributed by atoms with Crippen molar-refractivity contribution >= 4 is 43.2 Å². The summed E-state index contributed by atoms with van der Waals surface area (Å²) in [5, 5.41) is 3.39. The Balaban J connectivity index is 1.84. The van der Waals surface area contributed by atoms with Crippen molar-refractivity contribution in [2.75, 3.05) is 0 Å². The minimum atomic E-state index is 0.848. The first-order valence-corrected chi connectivity index (χ1v) is 7.19. The largest absolute Gasteiger partial charge is 0.308 e. The molecule has 2 nitrogen and oxygen atoms in total. The van der Waals surface area contributed by atoms with E-state index in [4.69, 9.17) is 0 Å². The molecule has 0 aromatic carbocycles. The molecule has 0 aliphatic heterocycles. The van der Waals surface area contributed by atoms with Gasteiger partial charge in [-0.3, -0.25) is 4.98 Å². The van der Waals surface area contributed by atoms with E-state index in [0.717, 1.165) is 21.3 Å². The molecule has 2 aromatic heterocycles. The van der Waals surface area contributed by atoms with Crippen molar-refractivity contribution in [2.45, 2.75) is 13.1 Å². The van der Waals surface area contributed by atoms with Crippen LogP contribution >= 0.6 is 43.2 Å². The van der Waals surface area contributed by atoms with Gasteiger partial charge in [0.15, 0.2) is 0 Å². The summed E-state index contributed by atoms with van der Waals surface area (Å²) < 4.78 is 2.27. The summed E-state index contributed by atoms with van der Waals surface area (Å²) in [5.41, 5.74) is 1.21. The molecule has 0 atom stereocenters. The number of nitrogens with one attached hydrogen (secondary N) is 1. The average Bonchev–Trinajstić information content (AvgIpc) is 2.60. The first-order valence-electron chi connectivity index (χ1n) is 4.79. The molecule has 16 heavy (non-hydrogen) atoms. The van der Waals surface area contributed by atoms with Crippen LogP contribution in [0.3, 0.4) is 0 Å². The van der Waals surface area contributed by atoms with Crippen LogP contribution < -0.4 is 5.32 Å². The van der Waals surface area contributed by atoms with E-state index >= 15 is 0 Å². The van der Waals surface area contributed by atoms with Gasteiger partial charge in [-0.25, -0.2) is 0 Å². The third-order valence-corrected chi connectivity index (χ3v) is 5.30. The van der Waals surface area contributed by atoms with Gasteiger partial charge in [0.05, 0.1) is 3.79 Å². The molecule has 0 unspecified atom stereocenters. The van der Waals surface area contributed by atoms with E-state index in [2.05, 4.69) is 54.3 Å². The van der Waals surface area contributed by atoms with Gasteiger partial charge in [0, 0.05) is 34.8 Å². The van der Waals surface area contributed by atoms with Crippen LogP contribution in [0.2, 0.25) is 0 Å². The Morgan fingerprint density at radius 2 is 2.19 bits per heavy atom. The highest BCUT2D eigenvalue weighted by Crippen LogP contribution is 2.32. The van der Waals surface area contributed by atoms with Crippen LogP contribution in [-0.2, 0) is 13.1 Å². The molecular formula is C11H10Br2N2S. The molecule has 0 saturated heterocycles. The summed E-state index contributed by atoms with van der Waals surface area (Å²) in [4.78, 5) is 5.38. The summed E-state index contributed by atoms with van der Waals surface area (Å²) in [6.07, 6.45) is 3.67. The molecule has 2 heterocycles. The fourth-order valence-corrected chi connectivity index (χ4v) is 3.46. The molecular weight excluding hydrogens is 352 g/mol. The fourth-order valence-electron chi connectivity index (χ4n) is 1.31. The maximum Gasteiger partial charge on any atom is 0.0843 e. The van der Waals surface area contributed by atoms with Crippen molar-refractivity contribution in [2.24, 2.45) is 0 Å². The second-order valence-corrected chi connectivity index (χ2v) is 6.61. The number of hydrogen-bond acceptors (Lipinski definition) is 3. The van der Waals surface area contributed by atoms with Crippen molar-refractivity contribution in [3.63, 3.8) is 0 Å². The molecule has 0 bridgehead atoms. The molecule has 0 fully saturated rings. The van der Waals surface area contributed by atoms with Gasteiger partial charge in [-0.15, -0.1) is 11.3 Å². The molecule has 0 radical (unpaired) electrons.